The Morgan fingerprint density at radius 1 is 1.19 bits per heavy atom. The largest absolute Gasteiger partial charge is 0.379 e. The zero-order chi connectivity index (χ0) is 22.5. The first kappa shape index (κ1) is 23.2. The highest BCUT2D eigenvalue weighted by atomic mass is 32.2. The molecule has 0 N–H and O–H groups in total. The lowest BCUT2D eigenvalue weighted by molar-refractivity contribution is 0.0376. The van der Waals surface area contributed by atoms with Gasteiger partial charge in [0.05, 0.1) is 23.4 Å². The molecule has 170 valence electrons. The van der Waals surface area contributed by atoms with E-state index in [0.29, 0.717) is 6.54 Å². The fourth-order valence-corrected chi connectivity index (χ4v) is 5.82. The van der Waals surface area contributed by atoms with Gasteiger partial charge in [-0.25, -0.2) is 4.98 Å². The molecule has 0 unspecified atom stereocenters. The van der Waals surface area contributed by atoms with Crippen molar-refractivity contribution < 1.29 is 9.53 Å². The summed E-state index contributed by atoms with van der Waals surface area (Å²) in [5.41, 5.74) is 4.08. The number of benzene rings is 2. The van der Waals surface area contributed by atoms with Gasteiger partial charge in [0.1, 0.15) is 0 Å². The summed E-state index contributed by atoms with van der Waals surface area (Å²) in [6.07, 6.45) is 0.906. The van der Waals surface area contributed by atoms with E-state index in [1.54, 1.807) is 23.1 Å². The quantitative estimate of drug-likeness (QED) is 0.414. The Bertz CT molecular complexity index is 1040. The van der Waals surface area contributed by atoms with Gasteiger partial charge in [0.15, 0.2) is 5.13 Å². The van der Waals surface area contributed by atoms with Gasteiger partial charge in [0.25, 0.3) is 5.91 Å². The highest BCUT2D eigenvalue weighted by Crippen LogP contribution is 2.34. The average Bonchev–Trinajstić information content (AvgIpc) is 3.26. The number of hydrogen-bond acceptors (Lipinski definition) is 6. The molecular formula is C25H31N3O2S2. The lowest BCUT2D eigenvalue weighted by Gasteiger charge is -2.27. The molecule has 2 heterocycles. The summed E-state index contributed by atoms with van der Waals surface area (Å²) < 4.78 is 6.63. The van der Waals surface area contributed by atoms with Crippen molar-refractivity contribution in [2.24, 2.45) is 0 Å². The van der Waals surface area contributed by atoms with Crippen molar-refractivity contribution in [1.82, 2.24) is 9.88 Å². The van der Waals surface area contributed by atoms with E-state index in [4.69, 9.17) is 9.72 Å². The molecule has 1 saturated heterocycles. The maximum Gasteiger partial charge on any atom is 0.260 e. The Labute approximate surface area is 198 Å². The molecule has 0 spiro atoms. The van der Waals surface area contributed by atoms with Crippen LogP contribution in [0, 0.1) is 13.8 Å². The van der Waals surface area contributed by atoms with Crippen molar-refractivity contribution in [3.05, 3.63) is 53.1 Å². The molecule has 0 saturated carbocycles. The van der Waals surface area contributed by atoms with Crippen molar-refractivity contribution in [3.63, 3.8) is 0 Å². The molecule has 0 bridgehead atoms. The van der Waals surface area contributed by atoms with Gasteiger partial charge in [0, 0.05) is 36.6 Å². The van der Waals surface area contributed by atoms with E-state index in [0.717, 1.165) is 71.7 Å². The number of morpholine rings is 1. The van der Waals surface area contributed by atoms with Gasteiger partial charge in [-0.05, 0) is 55.3 Å². The topological polar surface area (TPSA) is 45.7 Å². The van der Waals surface area contributed by atoms with Crippen molar-refractivity contribution in [2.45, 2.75) is 32.1 Å². The smallest absolute Gasteiger partial charge is 0.260 e. The van der Waals surface area contributed by atoms with Crippen LogP contribution in [-0.4, -0.2) is 60.9 Å². The number of thiazole rings is 1. The number of hydrogen-bond donors (Lipinski definition) is 0. The molecule has 1 fully saturated rings. The van der Waals surface area contributed by atoms with Crippen LogP contribution in [0.3, 0.4) is 0 Å². The van der Waals surface area contributed by atoms with Gasteiger partial charge >= 0.3 is 0 Å². The van der Waals surface area contributed by atoms with Crippen LogP contribution in [0.2, 0.25) is 0 Å². The Balaban J connectivity index is 1.61. The summed E-state index contributed by atoms with van der Waals surface area (Å²) in [4.78, 5) is 24.0. The Hall–Kier alpha value is -1.93. The highest BCUT2D eigenvalue weighted by Gasteiger charge is 2.23. The number of nitrogens with zero attached hydrogens (tertiary/aromatic N) is 3. The molecule has 0 atom stereocenters. The standard InChI is InChI=1S/C25H31N3O2S2/c1-4-31-21-8-5-7-20(17-21)24(29)28(12-6-11-27-13-15-30-16-14-27)25-26-22-18(2)9-10-19(3)23(22)32-25/h5,7-10,17H,4,6,11-16H2,1-3H3. The van der Waals surface area contributed by atoms with Crippen LogP contribution in [0.15, 0.2) is 41.3 Å². The van der Waals surface area contributed by atoms with Gasteiger partial charge in [-0.1, -0.05) is 36.5 Å². The fourth-order valence-electron chi connectivity index (χ4n) is 3.97. The van der Waals surface area contributed by atoms with Crippen molar-refractivity contribution in [3.8, 4) is 0 Å². The Morgan fingerprint density at radius 3 is 2.72 bits per heavy atom. The van der Waals surface area contributed by atoms with Crippen LogP contribution in [0.1, 0.15) is 34.8 Å². The van der Waals surface area contributed by atoms with Gasteiger partial charge in [-0.2, -0.15) is 0 Å². The van der Waals surface area contributed by atoms with Crippen LogP contribution in [0.25, 0.3) is 10.2 Å². The number of amides is 1. The van der Waals surface area contributed by atoms with E-state index >= 15 is 0 Å². The number of fused-ring (bicyclic) bond motifs is 1. The first-order valence-electron chi connectivity index (χ1n) is 11.3. The SMILES string of the molecule is CCSc1cccc(C(=O)N(CCCN2CCOCC2)c2nc3c(C)ccc(C)c3s2)c1. The van der Waals surface area contributed by atoms with E-state index in [-0.39, 0.29) is 5.91 Å². The van der Waals surface area contributed by atoms with Crippen molar-refractivity contribution >= 4 is 44.4 Å². The van der Waals surface area contributed by atoms with Crippen molar-refractivity contribution in [1.29, 1.82) is 0 Å². The second-order valence-corrected chi connectivity index (χ2v) is 10.4. The maximum absolute atomic E-state index is 13.7. The number of aryl methyl sites for hydroxylation is 2. The van der Waals surface area contributed by atoms with E-state index in [9.17, 15) is 4.79 Å². The maximum atomic E-state index is 13.7. The second-order valence-electron chi connectivity index (χ2n) is 8.10. The number of carbonyl (C=O) groups excluding carboxylic acids is 1. The predicted molar refractivity (Wildman–Crippen MR) is 135 cm³/mol. The summed E-state index contributed by atoms with van der Waals surface area (Å²) in [5, 5.41) is 0.790. The zero-order valence-electron chi connectivity index (χ0n) is 19.1. The van der Waals surface area contributed by atoms with E-state index < -0.39 is 0 Å². The Morgan fingerprint density at radius 2 is 1.97 bits per heavy atom. The van der Waals surface area contributed by atoms with Gasteiger partial charge in [-0.3, -0.25) is 14.6 Å². The van der Waals surface area contributed by atoms with E-state index in [2.05, 4.69) is 43.9 Å². The monoisotopic (exact) mass is 469 g/mol. The molecule has 3 aromatic rings. The van der Waals surface area contributed by atoms with Gasteiger partial charge in [-0.15, -0.1) is 11.8 Å². The number of rotatable bonds is 8. The van der Waals surface area contributed by atoms with E-state index in [1.165, 1.54) is 10.3 Å². The number of carbonyl (C=O) groups is 1. The summed E-state index contributed by atoms with van der Waals surface area (Å²) in [6.45, 7) is 11.4. The van der Waals surface area contributed by atoms with E-state index in [1.807, 2.05) is 23.1 Å². The van der Waals surface area contributed by atoms with Crippen LogP contribution >= 0.6 is 23.1 Å². The molecular weight excluding hydrogens is 438 g/mol. The number of anilines is 1. The lowest BCUT2D eigenvalue weighted by atomic mass is 10.1. The second kappa shape index (κ2) is 10.8. The molecule has 2 aromatic carbocycles. The summed E-state index contributed by atoms with van der Waals surface area (Å²) in [7, 11) is 0. The van der Waals surface area contributed by atoms with Gasteiger partial charge in [0.2, 0.25) is 0 Å². The lowest BCUT2D eigenvalue weighted by Crippen LogP contribution is -2.39. The molecule has 7 heteroatoms. The van der Waals surface area contributed by atoms with Crippen molar-refractivity contribution in [2.75, 3.05) is 50.0 Å². The fraction of sp³-hybridized carbons (Fsp3) is 0.440. The molecule has 0 radical (unpaired) electrons. The molecule has 1 aliphatic heterocycles. The minimum Gasteiger partial charge on any atom is -0.379 e. The summed E-state index contributed by atoms with van der Waals surface area (Å²) >= 11 is 3.38. The zero-order valence-corrected chi connectivity index (χ0v) is 20.7. The molecule has 1 aromatic heterocycles. The molecule has 5 nitrogen and oxygen atoms in total. The summed E-state index contributed by atoms with van der Waals surface area (Å²) in [6, 6.07) is 12.2. The molecule has 32 heavy (non-hydrogen) atoms. The normalized spacial score (nSPS) is 14.7. The van der Waals surface area contributed by atoms with Crippen LogP contribution in [0.4, 0.5) is 5.13 Å². The molecule has 1 aliphatic rings. The third-order valence-corrected chi connectivity index (χ3v) is 7.85. The van der Waals surface area contributed by atoms with Crippen LogP contribution in [0.5, 0.6) is 0 Å². The molecule has 4 rings (SSSR count). The van der Waals surface area contributed by atoms with Crippen LogP contribution in [-0.2, 0) is 4.74 Å². The summed E-state index contributed by atoms with van der Waals surface area (Å²) in [5.74, 6) is 1.01. The number of thioether (sulfide) groups is 1. The number of aromatic nitrogens is 1. The predicted octanol–water partition coefficient (Wildman–Crippen LogP) is 5.39. The van der Waals surface area contributed by atoms with Crippen LogP contribution < -0.4 is 4.90 Å². The Kier molecular flexibility index (Phi) is 7.84. The van der Waals surface area contributed by atoms with Gasteiger partial charge < -0.3 is 4.74 Å². The third kappa shape index (κ3) is 5.34. The minimum atomic E-state index is 0.0277. The first-order valence-corrected chi connectivity index (χ1v) is 13.1. The average molecular weight is 470 g/mol. The molecule has 0 aliphatic carbocycles. The third-order valence-electron chi connectivity index (χ3n) is 5.76. The number of ether oxygens (including phenoxy) is 1. The minimum absolute atomic E-state index is 0.0277. The molecule has 1 amide bonds. The first-order chi connectivity index (χ1) is 15.6. The highest BCUT2D eigenvalue weighted by molar-refractivity contribution is 7.99.